The van der Waals surface area contributed by atoms with E-state index in [4.69, 9.17) is 15.0 Å². The van der Waals surface area contributed by atoms with E-state index in [9.17, 15) is 0 Å². The maximum absolute atomic E-state index is 5.44. The highest BCUT2D eigenvalue weighted by Crippen LogP contribution is 2.50. The average molecular weight is 652 g/mol. The van der Waals surface area contributed by atoms with Gasteiger partial charge in [-0.25, -0.2) is 9.97 Å². The van der Waals surface area contributed by atoms with Crippen molar-refractivity contribution in [2.45, 2.75) is 18.8 Å². The molecule has 0 radical (unpaired) electrons. The molecule has 3 heteroatoms. The fourth-order valence-corrected chi connectivity index (χ4v) is 8.30. The lowest BCUT2D eigenvalue weighted by molar-refractivity contribution is 0.633. The Kier molecular flexibility index (Phi) is 6.85. The van der Waals surface area contributed by atoms with Crippen LogP contribution in [0.5, 0.6) is 0 Å². The van der Waals surface area contributed by atoms with Crippen LogP contribution in [0.4, 0.5) is 0 Å². The number of aromatic nitrogens is 3. The van der Waals surface area contributed by atoms with Crippen molar-refractivity contribution >= 4 is 32.3 Å². The molecule has 51 heavy (non-hydrogen) atoms. The van der Waals surface area contributed by atoms with Gasteiger partial charge in [-0.05, 0) is 73.3 Å². The molecule has 2 atom stereocenters. The van der Waals surface area contributed by atoms with Crippen molar-refractivity contribution in [1.29, 1.82) is 0 Å². The summed E-state index contributed by atoms with van der Waals surface area (Å²) in [5.74, 6) is 1.00. The van der Waals surface area contributed by atoms with Crippen LogP contribution in [0.15, 0.2) is 170 Å². The monoisotopic (exact) mass is 651 g/mol. The number of fused-ring (bicyclic) bond motifs is 7. The minimum absolute atomic E-state index is 0.0578. The number of nitrogens with zero attached hydrogens (tertiary/aromatic N) is 3. The first-order valence-electron chi connectivity index (χ1n) is 17.6. The summed E-state index contributed by atoms with van der Waals surface area (Å²) in [5.41, 5.74) is 11.3. The third-order valence-corrected chi connectivity index (χ3v) is 10.7. The zero-order valence-electron chi connectivity index (χ0n) is 28.2. The van der Waals surface area contributed by atoms with Crippen LogP contribution < -0.4 is 0 Å². The SMILES string of the molecule is CC1c2ccccc2-c2ccccc2C1c1cc(-c2cc3ccccc3c3ccccc23)nc(-c2ccc(-c3nccc4ccccc34)cc2)n1. The summed E-state index contributed by atoms with van der Waals surface area (Å²) >= 11 is 0. The molecule has 0 amide bonds. The highest BCUT2D eigenvalue weighted by atomic mass is 14.9. The predicted molar refractivity (Wildman–Crippen MR) is 211 cm³/mol. The quantitative estimate of drug-likeness (QED) is 0.178. The molecule has 10 rings (SSSR count). The van der Waals surface area contributed by atoms with Gasteiger partial charge in [-0.1, -0.05) is 153 Å². The third-order valence-electron chi connectivity index (χ3n) is 10.7. The van der Waals surface area contributed by atoms with Gasteiger partial charge in [-0.2, -0.15) is 0 Å². The van der Waals surface area contributed by atoms with E-state index in [1.54, 1.807) is 0 Å². The summed E-state index contributed by atoms with van der Waals surface area (Å²) in [6.07, 6.45) is 1.89. The number of benzene rings is 7. The van der Waals surface area contributed by atoms with Gasteiger partial charge in [0.25, 0.3) is 0 Å². The summed E-state index contributed by atoms with van der Waals surface area (Å²) in [6.45, 7) is 2.35. The fourth-order valence-electron chi connectivity index (χ4n) is 8.30. The molecule has 1 aliphatic rings. The van der Waals surface area contributed by atoms with Crippen LogP contribution in [0.3, 0.4) is 0 Å². The summed E-state index contributed by atoms with van der Waals surface area (Å²) in [6, 6.07) is 58.6. The maximum Gasteiger partial charge on any atom is 0.160 e. The van der Waals surface area contributed by atoms with E-state index in [1.807, 2.05) is 6.20 Å². The first kappa shape index (κ1) is 29.5. The normalized spacial score (nSPS) is 15.2. The first-order valence-corrected chi connectivity index (χ1v) is 17.6. The highest BCUT2D eigenvalue weighted by Gasteiger charge is 2.33. The van der Waals surface area contributed by atoms with E-state index >= 15 is 0 Å². The van der Waals surface area contributed by atoms with E-state index in [2.05, 4.69) is 171 Å². The molecule has 7 aromatic carbocycles. The summed E-state index contributed by atoms with van der Waals surface area (Å²) in [5, 5.41) is 7.18. The molecular weight excluding hydrogens is 619 g/mol. The minimum Gasteiger partial charge on any atom is -0.256 e. The molecular formula is C48H33N3. The Morgan fingerprint density at radius 1 is 0.451 bits per heavy atom. The van der Waals surface area contributed by atoms with Crippen LogP contribution >= 0.6 is 0 Å². The molecule has 2 heterocycles. The van der Waals surface area contributed by atoms with E-state index < -0.39 is 0 Å². The van der Waals surface area contributed by atoms with E-state index in [0.717, 1.165) is 45.0 Å². The van der Waals surface area contributed by atoms with Crippen LogP contribution in [0.2, 0.25) is 0 Å². The lowest BCUT2D eigenvalue weighted by Crippen LogP contribution is -2.18. The minimum atomic E-state index is 0.0578. The maximum atomic E-state index is 5.44. The topological polar surface area (TPSA) is 38.7 Å². The Hall–Kier alpha value is -6.45. The first-order chi connectivity index (χ1) is 25.2. The molecule has 2 aromatic heterocycles. The molecule has 0 saturated carbocycles. The van der Waals surface area contributed by atoms with Crippen molar-refractivity contribution in [2.24, 2.45) is 0 Å². The van der Waals surface area contributed by atoms with Gasteiger partial charge < -0.3 is 0 Å². The van der Waals surface area contributed by atoms with Gasteiger partial charge >= 0.3 is 0 Å². The van der Waals surface area contributed by atoms with Crippen molar-refractivity contribution in [3.8, 4) is 45.0 Å². The van der Waals surface area contributed by atoms with E-state index in [1.165, 1.54) is 49.2 Å². The molecule has 0 bridgehead atoms. The van der Waals surface area contributed by atoms with Gasteiger partial charge in [0.05, 0.1) is 17.1 Å². The van der Waals surface area contributed by atoms with Crippen molar-refractivity contribution in [2.75, 3.05) is 0 Å². The van der Waals surface area contributed by atoms with Gasteiger partial charge in [0.2, 0.25) is 0 Å². The van der Waals surface area contributed by atoms with Crippen molar-refractivity contribution < 1.29 is 0 Å². The van der Waals surface area contributed by atoms with Gasteiger partial charge in [0, 0.05) is 34.2 Å². The number of rotatable bonds is 4. The molecule has 3 nitrogen and oxygen atoms in total. The molecule has 0 N–H and O–H groups in total. The largest absolute Gasteiger partial charge is 0.256 e. The second kappa shape index (κ2) is 11.9. The molecule has 0 aliphatic heterocycles. The predicted octanol–water partition coefficient (Wildman–Crippen LogP) is 12.2. The Morgan fingerprint density at radius 2 is 1.06 bits per heavy atom. The molecule has 2 unspecified atom stereocenters. The summed E-state index contributed by atoms with van der Waals surface area (Å²) in [7, 11) is 0. The van der Waals surface area contributed by atoms with Crippen molar-refractivity contribution in [3.05, 3.63) is 187 Å². The zero-order valence-corrected chi connectivity index (χ0v) is 28.2. The van der Waals surface area contributed by atoms with Gasteiger partial charge in [0.15, 0.2) is 5.82 Å². The molecule has 9 aromatic rings. The van der Waals surface area contributed by atoms with Crippen LogP contribution in [0.1, 0.15) is 35.6 Å². The second-order valence-electron chi connectivity index (χ2n) is 13.6. The lowest BCUT2D eigenvalue weighted by atomic mass is 9.71. The van der Waals surface area contributed by atoms with Gasteiger partial charge in [-0.15, -0.1) is 0 Å². The van der Waals surface area contributed by atoms with Crippen molar-refractivity contribution in [1.82, 2.24) is 15.0 Å². The van der Waals surface area contributed by atoms with Gasteiger partial charge in [0.1, 0.15) is 0 Å². The average Bonchev–Trinajstić information content (AvgIpc) is 3.20. The second-order valence-corrected chi connectivity index (χ2v) is 13.6. The molecule has 1 aliphatic carbocycles. The fraction of sp³-hybridized carbons (Fsp3) is 0.0625. The Labute approximate surface area is 297 Å². The molecule has 0 saturated heterocycles. The third kappa shape index (κ3) is 4.85. The standard InChI is InChI=1S/C48H33N3/c1-30-35-14-6-7-17-38(35)40-19-10-11-21-42(40)46(30)45-29-44(43-28-34-13-3-4-15-36(34)39-18-8-9-20-41(39)43)50-48(51-45)33-24-22-32(23-25-33)47-37-16-5-2-12-31(37)26-27-49-47/h2-30,46H,1H3. The Bertz CT molecular complexity index is 2780. The molecule has 240 valence electrons. The van der Waals surface area contributed by atoms with E-state index in [-0.39, 0.29) is 11.8 Å². The highest BCUT2D eigenvalue weighted by molar-refractivity contribution is 6.13. The summed E-state index contributed by atoms with van der Waals surface area (Å²) < 4.78 is 0. The molecule has 0 fully saturated rings. The van der Waals surface area contributed by atoms with Crippen LogP contribution in [-0.2, 0) is 0 Å². The van der Waals surface area contributed by atoms with E-state index in [0.29, 0.717) is 0 Å². The number of pyridine rings is 1. The van der Waals surface area contributed by atoms with Crippen LogP contribution in [-0.4, -0.2) is 15.0 Å². The number of hydrogen-bond acceptors (Lipinski definition) is 3. The Morgan fingerprint density at radius 3 is 1.86 bits per heavy atom. The molecule has 0 spiro atoms. The lowest BCUT2D eigenvalue weighted by Gasteiger charge is -2.33. The smallest absolute Gasteiger partial charge is 0.160 e. The number of hydrogen-bond donors (Lipinski definition) is 0. The van der Waals surface area contributed by atoms with Crippen LogP contribution in [0.25, 0.3) is 77.3 Å². The van der Waals surface area contributed by atoms with Crippen LogP contribution in [0, 0.1) is 0 Å². The van der Waals surface area contributed by atoms with Gasteiger partial charge in [-0.3, -0.25) is 4.98 Å². The zero-order chi connectivity index (χ0) is 33.9. The van der Waals surface area contributed by atoms with Crippen molar-refractivity contribution in [3.63, 3.8) is 0 Å². The summed E-state index contributed by atoms with van der Waals surface area (Å²) in [4.78, 5) is 15.6. The Balaban J connectivity index is 1.19.